The Morgan fingerprint density at radius 2 is 0.862 bits per heavy atom. The Morgan fingerprint density at radius 3 is 1.21 bits per heavy atom. The van der Waals surface area contributed by atoms with E-state index in [1.165, 1.54) is 122 Å². The zero-order valence-electron chi connectivity index (χ0n) is 20.4. The van der Waals surface area contributed by atoms with E-state index in [0.29, 0.717) is 12.3 Å². The van der Waals surface area contributed by atoms with Crippen LogP contribution in [0.15, 0.2) is 0 Å². The molecule has 1 N–H and O–H groups in total. The van der Waals surface area contributed by atoms with Gasteiger partial charge < -0.3 is 5.11 Å². The number of aliphatic carboxylic acids is 1. The van der Waals surface area contributed by atoms with E-state index in [1.807, 2.05) is 0 Å². The first-order valence-electron chi connectivity index (χ1n) is 13.3. The normalized spacial score (nSPS) is 13.5. The Morgan fingerprint density at radius 1 is 0.552 bits per heavy atom. The molecule has 0 aromatic rings. The number of unbranched alkanes of at least 4 members (excludes halogenated alkanes) is 15. The van der Waals surface area contributed by atoms with Gasteiger partial charge in [0.1, 0.15) is 0 Å². The molecule has 0 aromatic heterocycles. The van der Waals surface area contributed by atoms with Gasteiger partial charge in [0.15, 0.2) is 0 Å². The van der Waals surface area contributed by atoms with Crippen molar-refractivity contribution in [2.75, 3.05) is 0 Å². The van der Waals surface area contributed by atoms with Gasteiger partial charge in [-0.2, -0.15) is 0 Å². The molecule has 0 saturated heterocycles. The summed E-state index contributed by atoms with van der Waals surface area (Å²) in [5, 5.41) is 8.77. The molecule has 0 aliphatic heterocycles. The number of carboxylic acid groups (broad SMARTS) is 1. The lowest BCUT2D eigenvalue weighted by Crippen LogP contribution is -2.03. The monoisotopic (exact) mass is 410 g/mol. The molecule has 0 aliphatic rings. The van der Waals surface area contributed by atoms with Crippen LogP contribution in [0.1, 0.15) is 156 Å². The third-order valence-corrected chi connectivity index (χ3v) is 6.47. The van der Waals surface area contributed by atoms with E-state index < -0.39 is 5.97 Å². The van der Waals surface area contributed by atoms with Gasteiger partial charge in [-0.05, 0) is 11.8 Å². The zero-order chi connectivity index (χ0) is 21.6. The quantitative estimate of drug-likeness (QED) is 0.170. The van der Waals surface area contributed by atoms with Crippen molar-refractivity contribution in [2.45, 2.75) is 156 Å². The summed E-state index contributed by atoms with van der Waals surface area (Å²) < 4.78 is 0. The van der Waals surface area contributed by atoms with Gasteiger partial charge in [-0.25, -0.2) is 0 Å². The van der Waals surface area contributed by atoms with Crippen molar-refractivity contribution < 1.29 is 9.90 Å². The highest BCUT2D eigenvalue weighted by Crippen LogP contribution is 2.19. The van der Waals surface area contributed by atoms with Crippen molar-refractivity contribution in [3.63, 3.8) is 0 Å². The van der Waals surface area contributed by atoms with E-state index in [1.54, 1.807) is 0 Å². The summed E-state index contributed by atoms with van der Waals surface area (Å²) >= 11 is 0. The Hall–Kier alpha value is -0.530. The summed E-state index contributed by atoms with van der Waals surface area (Å²) in [6.07, 6.45) is 28.0. The summed E-state index contributed by atoms with van der Waals surface area (Å²) in [5.74, 6) is 0.601. The SMILES string of the molecule is CCCCCCCCCCCCC(C)CCCCCCCCCC(C)CC(=O)O. The van der Waals surface area contributed by atoms with Crippen molar-refractivity contribution in [2.24, 2.45) is 11.8 Å². The summed E-state index contributed by atoms with van der Waals surface area (Å²) in [6.45, 7) is 6.80. The molecule has 0 radical (unpaired) electrons. The smallest absolute Gasteiger partial charge is 0.303 e. The molecule has 0 rings (SSSR count). The lowest BCUT2D eigenvalue weighted by molar-refractivity contribution is -0.138. The maximum atomic E-state index is 10.6. The zero-order valence-corrected chi connectivity index (χ0v) is 20.4. The number of carboxylic acids is 1. The highest BCUT2D eigenvalue weighted by Gasteiger charge is 2.06. The van der Waals surface area contributed by atoms with Crippen molar-refractivity contribution >= 4 is 5.97 Å². The van der Waals surface area contributed by atoms with Crippen LogP contribution in [0, 0.1) is 11.8 Å². The maximum absolute atomic E-state index is 10.6. The second-order valence-corrected chi connectivity index (χ2v) is 9.83. The molecule has 0 amide bonds. The van der Waals surface area contributed by atoms with Crippen LogP contribution in [-0.4, -0.2) is 11.1 Å². The van der Waals surface area contributed by atoms with Crippen LogP contribution in [0.5, 0.6) is 0 Å². The van der Waals surface area contributed by atoms with Crippen LogP contribution < -0.4 is 0 Å². The van der Waals surface area contributed by atoms with Crippen LogP contribution in [0.4, 0.5) is 0 Å². The van der Waals surface area contributed by atoms with Gasteiger partial charge in [0.25, 0.3) is 0 Å². The lowest BCUT2D eigenvalue weighted by Gasteiger charge is -2.11. The van der Waals surface area contributed by atoms with Crippen LogP contribution in [0.2, 0.25) is 0 Å². The number of carbonyl (C=O) groups is 1. The molecule has 174 valence electrons. The minimum Gasteiger partial charge on any atom is -0.481 e. The van der Waals surface area contributed by atoms with E-state index in [0.717, 1.165) is 12.3 Å². The fourth-order valence-electron chi connectivity index (χ4n) is 4.39. The third-order valence-electron chi connectivity index (χ3n) is 6.47. The fourth-order valence-corrected chi connectivity index (χ4v) is 4.39. The first kappa shape index (κ1) is 28.5. The molecule has 2 heteroatoms. The van der Waals surface area contributed by atoms with Crippen molar-refractivity contribution in [3.05, 3.63) is 0 Å². The average molecular weight is 411 g/mol. The third kappa shape index (κ3) is 23.6. The molecule has 0 bridgehead atoms. The van der Waals surface area contributed by atoms with Crippen molar-refractivity contribution in [1.82, 2.24) is 0 Å². The first-order chi connectivity index (χ1) is 14.1. The predicted octanol–water partition coefficient (Wildman–Crippen LogP) is 9.56. The molecular formula is C27H54O2. The molecule has 2 unspecified atom stereocenters. The topological polar surface area (TPSA) is 37.3 Å². The Bertz CT molecular complexity index is 339. The van der Waals surface area contributed by atoms with Gasteiger partial charge in [-0.1, -0.05) is 149 Å². The van der Waals surface area contributed by atoms with Crippen molar-refractivity contribution in [1.29, 1.82) is 0 Å². The van der Waals surface area contributed by atoms with Gasteiger partial charge >= 0.3 is 5.97 Å². The number of hydrogen-bond donors (Lipinski definition) is 1. The van der Waals surface area contributed by atoms with Crippen LogP contribution in [0.3, 0.4) is 0 Å². The summed E-state index contributed by atoms with van der Waals surface area (Å²) in [7, 11) is 0. The van der Waals surface area contributed by atoms with Gasteiger partial charge in [-0.3, -0.25) is 4.79 Å². The Balaban J connectivity index is 3.22. The fraction of sp³-hybridized carbons (Fsp3) is 0.963. The van der Waals surface area contributed by atoms with Crippen LogP contribution in [-0.2, 0) is 4.79 Å². The summed E-state index contributed by atoms with van der Waals surface area (Å²) in [4.78, 5) is 10.6. The lowest BCUT2D eigenvalue weighted by atomic mass is 9.95. The standard InChI is InChI=1S/C27H54O2/c1-4-5-6-7-8-9-10-12-15-18-21-25(2)22-19-16-13-11-14-17-20-23-26(3)24-27(28)29/h25-26H,4-24H2,1-3H3,(H,28,29). The highest BCUT2D eigenvalue weighted by molar-refractivity contribution is 5.66. The summed E-state index contributed by atoms with van der Waals surface area (Å²) in [6, 6.07) is 0. The minimum absolute atomic E-state index is 0.331. The van der Waals surface area contributed by atoms with Gasteiger partial charge in [0.05, 0.1) is 0 Å². The van der Waals surface area contributed by atoms with E-state index in [9.17, 15) is 4.79 Å². The number of rotatable bonds is 23. The van der Waals surface area contributed by atoms with Crippen LogP contribution in [0.25, 0.3) is 0 Å². The molecule has 0 spiro atoms. The predicted molar refractivity (Wildman–Crippen MR) is 129 cm³/mol. The molecule has 0 aliphatic carbocycles. The van der Waals surface area contributed by atoms with Gasteiger partial charge in [0, 0.05) is 6.42 Å². The molecule has 0 aromatic carbocycles. The Kier molecular flexibility index (Phi) is 21.8. The largest absolute Gasteiger partial charge is 0.481 e. The molecule has 0 fully saturated rings. The van der Waals surface area contributed by atoms with E-state index in [4.69, 9.17) is 5.11 Å². The van der Waals surface area contributed by atoms with E-state index >= 15 is 0 Å². The molecule has 29 heavy (non-hydrogen) atoms. The van der Waals surface area contributed by atoms with E-state index in [-0.39, 0.29) is 0 Å². The molecule has 2 atom stereocenters. The maximum Gasteiger partial charge on any atom is 0.303 e. The first-order valence-corrected chi connectivity index (χ1v) is 13.3. The van der Waals surface area contributed by atoms with Crippen molar-refractivity contribution in [3.8, 4) is 0 Å². The van der Waals surface area contributed by atoms with Gasteiger partial charge in [0.2, 0.25) is 0 Å². The average Bonchev–Trinajstić information content (AvgIpc) is 2.67. The number of hydrogen-bond acceptors (Lipinski definition) is 1. The van der Waals surface area contributed by atoms with Gasteiger partial charge in [-0.15, -0.1) is 0 Å². The molecule has 2 nitrogen and oxygen atoms in total. The summed E-state index contributed by atoms with van der Waals surface area (Å²) in [5.41, 5.74) is 0. The van der Waals surface area contributed by atoms with E-state index in [2.05, 4.69) is 20.8 Å². The Labute approximate surface area is 183 Å². The highest BCUT2D eigenvalue weighted by atomic mass is 16.4. The molecule has 0 saturated carbocycles. The minimum atomic E-state index is -0.653. The van der Waals surface area contributed by atoms with Crippen LogP contribution >= 0.6 is 0 Å². The molecular weight excluding hydrogens is 356 g/mol. The second-order valence-electron chi connectivity index (χ2n) is 9.83. The second kappa shape index (κ2) is 22.2. The molecule has 0 heterocycles.